The van der Waals surface area contributed by atoms with Crippen LogP contribution >= 0.6 is 0 Å². The van der Waals surface area contributed by atoms with Crippen molar-refractivity contribution in [2.75, 3.05) is 16.5 Å². The van der Waals surface area contributed by atoms with Gasteiger partial charge in [-0.2, -0.15) is 46.8 Å². The van der Waals surface area contributed by atoms with Crippen LogP contribution in [0.15, 0.2) is 115 Å². The number of hydrogen-bond donors (Lipinski definition) is 0. The van der Waals surface area contributed by atoms with Crippen LogP contribution in [0.1, 0.15) is 71.4 Å². The van der Waals surface area contributed by atoms with Crippen molar-refractivity contribution in [3.63, 3.8) is 0 Å². The average molecular weight is 906 g/mol. The molecule has 0 saturated carbocycles. The summed E-state index contributed by atoms with van der Waals surface area (Å²) in [5.41, 5.74) is 11.1. The van der Waals surface area contributed by atoms with E-state index in [9.17, 15) is 0 Å². The minimum atomic E-state index is -2.26. The molecule has 3 heterocycles. The van der Waals surface area contributed by atoms with Gasteiger partial charge in [-0.15, -0.1) is 11.5 Å². The van der Waals surface area contributed by atoms with Gasteiger partial charge in [-0.25, -0.2) is 4.98 Å². The molecule has 276 valence electrons. The molecule has 7 aromatic rings. The quantitative estimate of drug-likeness (QED) is 0.118. The Kier molecular flexibility index (Phi) is 10.0. The number of nitrogens with zero attached hydrogens (tertiary/aromatic N) is 4. The number of pyridine rings is 1. The summed E-state index contributed by atoms with van der Waals surface area (Å²) in [6, 6.07) is 48.0. The topological polar surface area (TPSA) is 24.3 Å². The zero-order chi connectivity index (χ0) is 37.2. The molecule has 0 aliphatic carbocycles. The average Bonchev–Trinajstić information content (AvgIpc) is 3.71. The Morgan fingerprint density at radius 2 is 1.33 bits per heavy atom. The first-order valence-electron chi connectivity index (χ1n) is 19.1. The summed E-state index contributed by atoms with van der Waals surface area (Å²) >= 11 is 0. The first-order chi connectivity index (χ1) is 25.3. The van der Waals surface area contributed by atoms with E-state index in [0.717, 1.165) is 29.2 Å². The summed E-state index contributed by atoms with van der Waals surface area (Å²) in [6.07, 6.45) is 1.98. The van der Waals surface area contributed by atoms with Crippen LogP contribution in [-0.2, 0) is 21.1 Å². The van der Waals surface area contributed by atoms with Gasteiger partial charge in [0.15, 0.2) is 0 Å². The number of para-hydroxylation sites is 3. The molecule has 0 amide bonds. The van der Waals surface area contributed by atoms with Crippen molar-refractivity contribution in [1.29, 1.82) is 0 Å². The Labute approximate surface area is 337 Å². The van der Waals surface area contributed by atoms with Gasteiger partial charge in [0, 0.05) is 17.3 Å². The Morgan fingerprint density at radius 3 is 2.04 bits per heavy atom. The zero-order valence-electron chi connectivity index (χ0n) is 32.9. The van der Waals surface area contributed by atoms with E-state index in [1.54, 1.807) is 0 Å². The number of anilines is 3. The van der Waals surface area contributed by atoms with Crippen molar-refractivity contribution in [2.24, 2.45) is 0 Å². The summed E-state index contributed by atoms with van der Waals surface area (Å²) in [6.45, 7) is 21.7. The third-order valence-electron chi connectivity index (χ3n) is 11.2. The van der Waals surface area contributed by atoms with Crippen LogP contribution in [0.5, 0.6) is 0 Å². The van der Waals surface area contributed by atoms with Crippen molar-refractivity contribution in [3.05, 3.63) is 139 Å². The van der Waals surface area contributed by atoms with Crippen LogP contribution in [-0.4, -0.2) is 29.8 Å². The van der Waals surface area contributed by atoms with E-state index in [2.05, 4.69) is 197 Å². The number of fused-ring (bicyclic) bond motifs is 4. The fourth-order valence-corrected chi connectivity index (χ4v) is 10.4. The van der Waals surface area contributed by atoms with E-state index < -0.39 is 8.07 Å². The van der Waals surface area contributed by atoms with Crippen LogP contribution in [0, 0.1) is 12.1 Å². The first-order valence-corrected chi connectivity index (χ1v) is 22.1. The molecule has 1 aliphatic rings. The molecule has 0 atom stereocenters. The first kappa shape index (κ1) is 37.9. The van der Waals surface area contributed by atoms with Gasteiger partial charge in [-0.1, -0.05) is 101 Å². The van der Waals surface area contributed by atoms with E-state index >= 15 is 0 Å². The number of aromatic nitrogens is 2. The maximum absolute atomic E-state index is 5.04. The molecule has 1 aliphatic heterocycles. The van der Waals surface area contributed by atoms with Gasteiger partial charge in [0.2, 0.25) is 0 Å². The molecule has 2 aromatic heterocycles. The zero-order valence-corrected chi connectivity index (χ0v) is 36.2. The summed E-state index contributed by atoms with van der Waals surface area (Å²) in [5, 5.41) is 4.93. The molecular weight excluding hydrogens is 856 g/mol. The normalized spacial score (nSPS) is 13.3. The van der Waals surface area contributed by atoms with Gasteiger partial charge < -0.3 is 14.4 Å². The molecule has 0 bridgehead atoms. The molecule has 4 nitrogen and oxygen atoms in total. The van der Waals surface area contributed by atoms with Gasteiger partial charge in [0.05, 0.1) is 26.1 Å². The minimum Gasteiger partial charge on any atom is -0.347 e. The van der Waals surface area contributed by atoms with E-state index in [1.807, 2.05) is 6.20 Å². The van der Waals surface area contributed by atoms with E-state index in [4.69, 9.17) is 4.98 Å². The van der Waals surface area contributed by atoms with Crippen molar-refractivity contribution >= 4 is 57.3 Å². The predicted octanol–water partition coefficient (Wildman–Crippen LogP) is 11.2. The molecule has 0 fully saturated rings. The van der Waals surface area contributed by atoms with Crippen LogP contribution in [0.25, 0.3) is 38.8 Å². The summed E-state index contributed by atoms with van der Waals surface area (Å²) in [7, 11) is -2.26. The third-order valence-corrected chi connectivity index (χ3v) is 14.5. The Hall–Kier alpha value is -4.44. The van der Waals surface area contributed by atoms with Gasteiger partial charge in [-0.3, -0.25) is 0 Å². The summed E-state index contributed by atoms with van der Waals surface area (Å²) in [5.74, 6) is 1.73. The summed E-state index contributed by atoms with van der Waals surface area (Å²) < 4.78 is 2.33. The van der Waals surface area contributed by atoms with Crippen molar-refractivity contribution in [3.8, 4) is 16.9 Å². The van der Waals surface area contributed by atoms with Crippen LogP contribution in [0.3, 0.4) is 0 Å². The molecule has 54 heavy (non-hydrogen) atoms. The maximum atomic E-state index is 5.04. The van der Waals surface area contributed by atoms with E-state index in [1.165, 1.54) is 54.8 Å². The monoisotopic (exact) mass is 905 g/mol. The molecule has 5 aromatic carbocycles. The maximum Gasteiger partial charge on any atom is 2.00 e. The molecule has 0 saturated heterocycles. The predicted molar refractivity (Wildman–Crippen MR) is 229 cm³/mol. The van der Waals surface area contributed by atoms with Crippen LogP contribution in [0.4, 0.5) is 17.1 Å². The Bertz CT molecular complexity index is 2460. The smallest absolute Gasteiger partial charge is 0.347 e. The SMILES string of the molecule is CC(C)c1cccc(C(C)C)c1-c1ccnc(-n2c3[c-]c([Si](C)(C)c4[c-]c(N5CN(C(C)(C)C)c6ccccc65)ccc4)ccc3c3ccccc32)c1.[Pt+2]. The van der Waals surface area contributed by atoms with E-state index in [-0.39, 0.29) is 26.6 Å². The largest absolute Gasteiger partial charge is 2.00 e. The van der Waals surface area contributed by atoms with Gasteiger partial charge in [0.25, 0.3) is 0 Å². The molecule has 6 heteroatoms. The van der Waals surface area contributed by atoms with Crippen molar-refractivity contribution < 1.29 is 21.1 Å². The van der Waals surface area contributed by atoms with Gasteiger partial charge in [0.1, 0.15) is 5.82 Å². The van der Waals surface area contributed by atoms with Gasteiger partial charge >= 0.3 is 21.1 Å². The fraction of sp³-hybridized carbons (Fsp3) is 0.271. The van der Waals surface area contributed by atoms with Crippen LogP contribution < -0.4 is 20.2 Å². The molecule has 0 spiro atoms. The second-order valence-corrected chi connectivity index (χ2v) is 21.1. The second-order valence-electron chi connectivity index (χ2n) is 16.7. The van der Waals surface area contributed by atoms with Gasteiger partial charge in [-0.05, 0) is 90.6 Å². The molecule has 0 N–H and O–H groups in total. The molecule has 0 unspecified atom stereocenters. The number of rotatable bonds is 7. The molecule has 0 radical (unpaired) electrons. The Balaban J connectivity index is 0.00000450. The standard InChI is InChI=1S/C48H50N4Si.Pt/c1-32(2)38-19-15-20-39(33(3)4)47(38)34-26-27-49-46(28-34)52-42-21-11-10-18-40(42)41-25-24-37(30-45(41)52)53(8,9)36-17-14-16-35(29-36)50-31-51(48(5,6)7)44-23-13-12-22-43(44)50;/h10-28,32-33H,31H2,1-9H3;/q-2;+2. The van der Waals surface area contributed by atoms with Crippen LogP contribution in [0.2, 0.25) is 13.1 Å². The summed E-state index contributed by atoms with van der Waals surface area (Å²) in [4.78, 5) is 9.95. The van der Waals surface area contributed by atoms with Crippen molar-refractivity contribution in [2.45, 2.75) is 78.9 Å². The number of hydrogen-bond acceptors (Lipinski definition) is 3. The number of benzene rings is 5. The fourth-order valence-electron chi connectivity index (χ4n) is 8.19. The Morgan fingerprint density at radius 1 is 0.685 bits per heavy atom. The minimum absolute atomic E-state index is 0. The second kappa shape index (κ2) is 14.3. The molecule has 8 rings (SSSR count). The third kappa shape index (κ3) is 6.44. The van der Waals surface area contributed by atoms with E-state index in [0.29, 0.717) is 11.8 Å². The molecular formula is C48H50N4PtSi. The van der Waals surface area contributed by atoms with Crippen molar-refractivity contribution in [1.82, 2.24) is 9.55 Å².